The van der Waals surface area contributed by atoms with Gasteiger partial charge in [0, 0.05) is 31.7 Å². The molecular weight excluding hydrogens is 290 g/mol. The maximum Gasteiger partial charge on any atom is 0.242 e. The molecule has 0 saturated heterocycles. The zero-order valence-electron chi connectivity index (χ0n) is 12.3. The Labute approximate surface area is 124 Å². The fraction of sp³-hybridized carbons (Fsp3) is 0.385. The van der Waals surface area contributed by atoms with Crippen molar-refractivity contribution in [2.75, 3.05) is 7.05 Å². The molecule has 2 rings (SSSR count). The minimum atomic E-state index is -3.55. The second-order valence-corrected chi connectivity index (χ2v) is 6.50. The Kier molecular flexibility index (Phi) is 4.71. The molecule has 0 spiro atoms. The van der Waals surface area contributed by atoms with Crippen LogP contribution >= 0.6 is 0 Å². The van der Waals surface area contributed by atoms with Crippen LogP contribution in [0.1, 0.15) is 17.2 Å². The van der Waals surface area contributed by atoms with E-state index in [1.54, 1.807) is 36.0 Å². The summed E-state index contributed by atoms with van der Waals surface area (Å²) in [5, 5.41) is 3.00. The van der Waals surface area contributed by atoms with E-state index >= 15 is 0 Å². The Hall–Kier alpha value is -1.77. The summed E-state index contributed by atoms with van der Waals surface area (Å²) in [4.78, 5) is 8.40. The normalized spacial score (nSPS) is 11.8. The maximum atomic E-state index is 12.3. The molecule has 0 aliphatic heterocycles. The lowest BCUT2D eigenvalue weighted by Crippen LogP contribution is -2.23. The Bertz CT molecular complexity index is 724. The van der Waals surface area contributed by atoms with Gasteiger partial charge in [-0.3, -0.25) is 0 Å². The van der Waals surface area contributed by atoms with Crippen LogP contribution in [0.3, 0.4) is 0 Å². The summed E-state index contributed by atoms with van der Waals surface area (Å²) in [6, 6.07) is 3.34. The van der Waals surface area contributed by atoms with Gasteiger partial charge in [0.15, 0.2) is 0 Å². The van der Waals surface area contributed by atoms with Gasteiger partial charge in [0.25, 0.3) is 0 Å². The SMILES string of the molecule is CNCc1cc(S(=O)(=O)NCc2ccnc(C)n2)cn1C. The molecule has 0 bridgehead atoms. The second-order valence-electron chi connectivity index (χ2n) is 4.73. The van der Waals surface area contributed by atoms with E-state index < -0.39 is 10.0 Å². The third-order valence-electron chi connectivity index (χ3n) is 3.03. The lowest BCUT2D eigenvalue weighted by atomic mass is 10.4. The van der Waals surface area contributed by atoms with Gasteiger partial charge >= 0.3 is 0 Å². The molecule has 2 N–H and O–H groups in total. The molecule has 0 amide bonds. The monoisotopic (exact) mass is 309 g/mol. The quantitative estimate of drug-likeness (QED) is 0.802. The van der Waals surface area contributed by atoms with Crippen LogP contribution in [0.15, 0.2) is 29.4 Å². The molecule has 0 atom stereocenters. The van der Waals surface area contributed by atoms with Gasteiger partial charge in [0.05, 0.1) is 17.1 Å². The topological polar surface area (TPSA) is 88.9 Å². The van der Waals surface area contributed by atoms with E-state index in [4.69, 9.17) is 0 Å². The minimum absolute atomic E-state index is 0.141. The molecule has 0 unspecified atom stereocenters. The van der Waals surface area contributed by atoms with Gasteiger partial charge in [-0.05, 0) is 26.1 Å². The largest absolute Gasteiger partial charge is 0.352 e. The predicted octanol–water partition coefficient (Wildman–Crippen LogP) is 0.321. The zero-order chi connectivity index (χ0) is 15.5. The number of hydrogen-bond acceptors (Lipinski definition) is 5. The van der Waals surface area contributed by atoms with Crippen molar-refractivity contribution in [3.05, 3.63) is 41.7 Å². The molecule has 0 aliphatic rings. The molecule has 2 aromatic heterocycles. The number of sulfonamides is 1. The second kappa shape index (κ2) is 6.33. The highest BCUT2D eigenvalue weighted by Gasteiger charge is 2.17. The fourth-order valence-corrected chi connectivity index (χ4v) is 3.03. The van der Waals surface area contributed by atoms with E-state index in [1.807, 2.05) is 14.1 Å². The van der Waals surface area contributed by atoms with Gasteiger partial charge in [-0.25, -0.2) is 23.1 Å². The Morgan fingerprint density at radius 2 is 2.10 bits per heavy atom. The van der Waals surface area contributed by atoms with Crippen molar-refractivity contribution in [2.45, 2.75) is 24.9 Å². The van der Waals surface area contributed by atoms with Gasteiger partial charge in [0.2, 0.25) is 10.0 Å². The first kappa shape index (κ1) is 15.6. The number of aromatic nitrogens is 3. The number of nitrogens with one attached hydrogen (secondary N) is 2. The van der Waals surface area contributed by atoms with E-state index in [1.165, 1.54) is 0 Å². The molecule has 0 radical (unpaired) electrons. The third-order valence-corrected chi connectivity index (χ3v) is 4.40. The Morgan fingerprint density at radius 1 is 1.33 bits per heavy atom. The van der Waals surface area contributed by atoms with Crippen molar-refractivity contribution in [1.29, 1.82) is 0 Å². The molecule has 0 aromatic carbocycles. The summed E-state index contributed by atoms with van der Waals surface area (Å²) >= 11 is 0. The molecule has 2 heterocycles. The van der Waals surface area contributed by atoms with Crippen LogP contribution in [0.25, 0.3) is 0 Å². The highest BCUT2D eigenvalue weighted by Crippen LogP contribution is 2.13. The molecule has 7 nitrogen and oxygen atoms in total. The Morgan fingerprint density at radius 3 is 2.76 bits per heavy atom. The summed E-state index contributed by atoms with van der Waals surface area (Å²) in [5.41, 5.74) is 1.54. The molecule has 114 valence electrons. The number of aryl methyl sites for hydroxylation is 2. The van der Waals surface area contributed by atoms with Crippen LogP contribution in [0.2, 0.25) is 0 Å². The highest BCUT2D eigenvalue weighted by molar-refractivity contribution is 7.89. The molecule has 8 heteroatoms. The van der Waals surface area contributed by atoms with Crippen molar-refractivity contribution in [1.82, 2.24) is 24.6 Å². The molecular formula is C13H19N5O2S. The van der Waals surface area contributed by atoms with E-state index in [2.05, 4.69) is 20.0 Å². The number of nitrogens with zero attached hydrogens (tertiary/aromatic N) is 3. The van der Waals surface area contributed by atoms with Crippen LogP contribution in [0.4, 0.5) is 0 Å². The molecule has 0 fully saturated rings. The van der Waals surface area contributed by atoms with Crippen LogP contribution in [0, 0.1) is 6.92 Å². The van der Waals surface area contributed by atoms with Gasteiger partial charge in [-0.1, -0.05) is 0 Å². The minimum Gasteiger partial charge on any atom is -0.352 e. The molecule has 2 aromatic rings. The van der Waals surface area contributed by atoms with Crippen molar-refractivity contribution in [3.63, 3.8) is 0 Å². The molecule has 21 heavy (non-hydrogen) atoms. The standard InChI is InChI=1S/C13H19N5O2S/c1-10-15-5-4-11(17-10)7-16-21(19,20)13-6-12(8-14-2)18(3)9-13/h4-6,9,14,16H,7-8H2,1-3H3. The first-order valence-corrected chi connectivity index (χ1v) is 7.99. The fourth-order valence-electron chi connectivity index (χ4n) is 1.94. The van der Waals surface area contributed by atoms with E-state index in [-0.39, 0.29) is 11.4 Å². The summed E-state index contributed by atoms with van der Waals surface area (Å²) in [6.45, 7) is 2.51. The van der Waals surface area contributed by atoms with Gasteiger partial charge in [0.1, 0.15) is 5.82 Å². The lowest BCUT2D eigenvalue weighted by molar-refractivity contribution is 0.580. The lowest BCUT2D eigenvalue weighted by Gasteiger charge is -2.04. The molecule has 0 aliphatic carbocycles. The average molecular weight is 309 g/mol. The van der Waals surface area contributed by atoms with Crippen molar-refractivity contribution in [3.8, 4) is 0 Å². The van der Waals surface area contributed by atoms with Crippen LogP contribution in [-0.4, -0.2) is 30.0 Å². The predicted molar refractivity (Wildman–Crippen MR) is 79.0 cm³/mol. The smallest absolute Gasteiger partial charge is 0.242 e. The van der Waals surface area contributed by atoms with Crippen LogP contribution in [0.5, 0.6) is 0 Å². The first-order chi connectivity index (χ1) is 9.92. The number of hydrogen-bond donors (Lipinski definition) is 2. The first-order valence-electron chi connectivity index (χ1n) is 6.50. The van der Waals surface area contributed by atoms with Crippen LogP contribution in [-0.2, 0) is 30.2 Å². The highest BCUT2D eigenvalue weighted by atomic mass is 32.2. The summed E-state index contributed by atoms with van der Waals surface area (Å²) < 4.78 is 28.9. The van der Waals surface area contributed by atoms with Crippen molar-refractivity contribution < 1.29 is 8.42 Å². The van der Waals surface area contributed by atoms with Crippen molar-refractivity contribution in [2.24, 2.45) is 7.05 Å². The van der Waals surface area contributed by atoms with Gasteiger partial charge in [-0.2, -0.15) is 0 Å². The third kappa shape index (κ3) is 3.87. The summed E-state index contributed by atoms with van der Waals surface area (Å²) in [5.74, 6) is 0.614. The molecule has 0 saturated carbocycles. The summed E-state index contributed by atoms with van der Waals surface area (Å²) in [7, 11) is 0.0849. The maximum absolute atomic E-state index is 12.3. The zero-order valence-corrected chi connectivity index (χ0v) is 13.1. The van der Waals surface area contributed by atoms with Gasteiger partial charge in [-0.15, -0.1) is 0 Å². The van der Waals surface area contributed by atoms with Gasteiger partial charge < -0.3 is 9.88 Å². The number of rotatable bonds is 6. The average Bonchev–Trinajstić information content (AvgIpc) is 2.80. The summed E-state index contributed by atoms with van der Waals surface area (Å²) in [6.07, 6.45) is 3.21. The van der Waals surface area contributed by atoms with E-state index in [9.17, 15) is 8.42 Å². The van der Waals surface area contributed by atoms with Crippen LogP contribution < -0.4 is 10.0 Å². The van der Waals surface area contributed by atoms with E-state index in [0.717, 1.165) is 5.69 Å². The van der Waals surface area contributed by atoms with Crippen molar-refractivity contribution >= 4 is 10.0 Å². The Balaban J connectivity index is 2.13. The van der Waals surface area contributed by atoms with E-state index in [0.29, 0.717) is 18.1 Å².